The average Bonchev–Trinajstić information content (AvgIpc) is 2.41. The maximum Gasteiger partial charge on any atom is 0.137 e. The molecule has 1 heterocycles. The quantitative estimate of drug-likeness (QED) is 0.920. The molecule has 0 bridgehead atoms. The molecule has 0 saturated carbocycles. The number of nitrogens with two attached hydrogens (primary N) is 1. The lowest BCUT2D eigenvalue weighted by Crippen LogP contribution is -1.99. The predicted octanol–water partition coefficient (Wildman–Crippen LogP) is 3.26. The Labute approximate surface area is 112 Å². The molecule has 2 aromatic rings. The fraction of sp³-hybridized carbons (Fsp3) is 0.214. The third-order valence-corrected chi connectivity index (χ3v) is 2.96. The van der Waals surface area contributed by atoms with Crippen molar-refractivity contribution in [1.29, 1.82) is 0 Å². The Hall–Kier alpha value is -1.58. The summed E-state index contributed by atoms with van der Waals surface area (Å²) in [4.78, 5) is 4.07. The molecule has 94 valence electrons. The molecular formula is C14H15ClN2O. The van der Waals surface area contributed by atoms with Crippen LogP contribution >= 0.6 is 11.6 Å². The SMILES string of the molecule is CCOc1ccc(-c2ccncc2CN)cc1Cl. The number of ether oxygens (including phenoxy) is 1. The summed E-state index contributed by atoms with van der Waals surface area (Å²) in [6, 6.07) is 7.68. The Kier molecular flexibility index (Phi) is 4.18. The Morgan fingerprint density at radius 2 is 2.17 bits per heavy atom. The lowest BCUT2D eigenvalue weighted by Gasteiger charge is -2.10. The van der Waals surface area contributed by atoms with Gasteiger partial charge in [-0.1, -0.05) is 17.7 Å². The molecule has 1 aromatic heterocycles. The number of nitrogens with zero attached hydrogens (tertiary/aromatic N) is 1. The van der Waals surface area contributed by atoms with E-state index in [9.17, 15) is 0 Å². The summed E-state index contributed by atoms with van der Waals surface area (Å²) in [5.41, 5.74) is 8.78. The first-order chi connectivity index (χ1) is 8.76. The van der Waals surface area contributed by atoms with Gasteiger partial charge in [-0.2, -0.15) is 0 Å². The Balaban J connectivity index is 2.42. The van der Waals surface area contributed by atoms with E-state index >= 15 is 0 Å². The van der Waals surface area contributed by atoms with Gasteiger partial charge in [0.15, 0.2) is 0 Å². The molecule has 0 radical (unpaired) electrons. The summed E-state index contributed by atoms with van der Waals surface area (Å²) in [5.74, 6) is 0.700. The van der Waals surface area contributed by atoms with E-state index in [2.05, 4.69) is 4.98 Å². The van der Waals surface area contributed by atoms with Gasteiger partial charge in [-0.05, 0) is 41.8 Å². The van der Waals surface area contributed by atoms with Crippen LogP contribution in [-0.4, -0.2) is 11.6 Å². The molecule has 0 aliphatic rings. The van der Waals surface area contributed by atoms with Crippen molar-refractivity contribution < 1.29 is 4.74 Å². The highest BCUT2D eigenvalue weighted by atomic mass is 35.5. The number of benzene rings is 1. The number of hydrogen-bond donors (Lipinski definition) is 1. The van der Waals surface area contributed by atoms with Crippen molar-refractivity contribution in [3.05, 3.63) is 47.2 Å². The number of hydrogen-bond acceptors (Lipinski definition) is 3. The van der Waals surface area contributed by atoms with Crippen molar-refractivity contribution in [1.82, 2.24) is 4.98 Å². The molecule has 3 nitrogen and oxygen atoms in total. The first-order valence-electron chi connectivity index (χ1n) is 5.82. The summed E-state index contributed by atoms with van der Waals surface area (Å²) in [6.07, 6.45) is 3.53. The van der Waals surface area contributed by atoms with Crippen molar-refractivity contribution in [2.45, 2.75) is 13.5 Å². The second-order valence-corrected chi connectivity index (χ2v) is 4.22. The van der Waals surface area contributed by atoms with E-state index in [-0.39, 0.29) is 0 Å². The Morgan fingerprint density at radius 1 is 1.33 bits per heavy atom. The molecule has 0 amide bonds. The number of halogens is 1. The van der Waals surface area contributed by atoms with Gasteiger partial charge < -0.3 is 10.5 Å². The Morgan fingerprint density at radius 3 is 2.83 bits per heavy atom. The van der Waals surface area contributed by atoms with E-state index in [4.69, 9.17) is 22.1 Å². The minimum absolute atomic E-state index is 0.452. The lowest BCUT2D eigenvalue weighted by atomic mass is 10.0. The number of pyridine rings is 1. The molecule has 0 spiro atoms. The molecule has 0 aliphatic heterocycles. The van der Waals surface area contributed by atoms with Gasteiger partial charge in [-0.25, -0.2) is 0 Å². The molecule has 2 N–H and O–H groups in total. The largest absolute Gasteiger partial charge is 0.492 e. The van der Waals surface area contributed by atoms with Crippen LogP contribution in [0.1, 0.15) is 12.5 Å². The predicted molar refractivity (Wildman–Crippen MR) is 73.7 cm³/mol. The third-order valence-electron chi connectivity index (χ3n) is 2.67. The molecule has 0 fully saturated rings. The first-order valence-corrected chi connectivity index (χ1v) is 6.19. The average molecular weight is 263 g/mol. The van der Waals surface area contributed by atoms with Crippen molar-refractivity contribution in [3.8, 4) is 16.9 Å². The Bertz CT molecular complexity index is 543. The maximum atomic E-state index is 6.18. The van der Waals surface area contributed by atoms with Gasteiger partial charge >= 0.3 is 0 Å². The molecule has 4 heteroatoms. The van der Waals surface area contributed by atoms with Crippen LogP contribution in [0.15, 0.2) is 36.7 Å². The van der Waals surface area contributed by atoms with Crippen molar-refractivity contribution in [3.63, 3.8) is 0 Å². The van der Waals surface area contributed by atoms with Crippen molar-refractivity contribution >= 4 is 11.6 Å². The highest BCUT2D eigenvalue weighted by Gasteiger charge is 2.07. The topological polar surface area (TPSA) is 48.1 Å². The molecule has 0 aliphatic carbocycles. The summed E-state index contributed by atoms with van der Waals surface area (Å²) in [6.45, 7) is 2.98. The number of aromatic nitrogens is 1. The third kappa shape index (κ3) is 2.63. The van der Waals surface area contributed by atoms with Gasteiger partial charge in [-0.3, -0.25) is 4.98 Å². The summed E-state index contributed by atoms with van der Waals surface area (Å²) < 4.78 is 5.42. The van der Waals surface area contributed by atoms with Crippen molar-refractivity contribution in [2.24, 2.45) is 5.73 Å². The summed E-state index contributed by atoms with van der Waals surface area (Å²) in [7, 11) is 0. The van der Waals surface area contributed by atoms with E-state index in [1.807, 2.05) is 31.2 Å². The smallest absolute Gasteiger partial charge is 0.137 e. The molecule has 18 heavy (non-hydrogen) atoms. The fourth-order valence-electron chi connectivity index (χ4n) is 1.81. The van der Waals surface area contributed by atoms with Crippen LogP contribution in [0.5, 0.6) is 5.75 Å². The normalized spacial score (nSPS) is 10.4. The zero-order valence-electron chi connectivity index (χ0n) is 10.2. The van der Waals surface area contributed by atoms with Crippen LogP contribution in [0.3, 0.4) is 0 Å². The monoisotopic (exact) mass is 262 g/mol. The minimum Gasteiger partial charge on any atom is -0.492 e. The van der Waals surface area contributed by atoms with Crippen LogP contribution in [0.25, 0.3) is 11.1 Å². The lowest BCUT2D eigenvalue weighted by molar-refractivity contribution is 0.340. The molecule has 2 rings (SSSR count). The van der Waals surface area contributed by atoms with E-state index in [0.29, 0.717) is 23.9 Å². The van der Waals surface area contributed by atoms with Gasteiger partial charge in [0.25, 0.3) is 0 Å². The maximum absolute atomic E-state index is 6.18. The zero-order valence-corrected chi connectivity index (χ0v) is 10.9. The first kappa shape index (κ1) is 12.9. The van der Waals surface area contributed by atoms with Crippen LogP contribution in [-0.2, 0) is 6.54 Å². The van der Waals surface area contributed by atoms with Crippen LogP contribution in [0.2, 0.25) is 5.02 Å². The van der Waals surface area contributed by atoms with Crippen molar-refractivity contribution in [2.75, 3.05) is 6.61 Å². The highest BCUT2D eigenvalue weighted by Crippen LogP contribution is 2.31. The van der Waals surface area contributed by atoms with Gasteiger partial charge in [0, 0.05) is 18.9 Å². The molecule has 0 saturated heterocycles. The number of rotatable bonds is 4. The van der Waals surface area contributed by atoms with Gasteiger partial charge in [0.05, 0.1) is 11.6 Å². The summed E-state index contributed by atoms with van der Waals surface area (Å²) >= 11 is 6.18. The van der Waals surface area contributed by atoms with Gasteiger partial charge in [-0.15, -0.1) is 0 Å². The summed E-state index contributed by atoms with van der Waals surface area (Å²) in [5, 5.41) is 0.606. The van der Waals surface area contributed by atoms with Crippen LogP contribution < -0.4 is 10.5 Å². The second-order valence-electron chi connectivity index (χ2n) is 3.82. The van der Waals surface area contributed by atoms with Crippen LogP contribution in [0.4, 0.5) is 0 Å². The molecule has 0 unspecified atom stereocenters. The molecule has 1 aromatic carbocycles. The standard InChI is InChI=1S/C14H15ClN2O/c1-2-18-14-4-3-10(7-13(14)15)12-5-6-17-9-11(12)8-16/h3-7,9H,2,8,16H2,1H3. The van der Waals surface area contributed by atoms with E-state index < -0.39 is 0 Å². The minimum atomic E-state index is 0.452. The second kappa shape index (κ2) is 5.85. The zero-order chi connectivity index (χ0) is 13.0. The van der Waals surface area contributed by atoms with E-state index in [0.717, 1.165) is 16.7 Å². The molecule has 0 atom stereocenters. The highest BCUT2D eigenvalue weighted by molar-refractivity contribution is 6.32. The van der Waals surface area contributed by atoms with E-state index in [1.54, 1.807) is 12.4 Å². The van der Waals surface area contributed by atoms with E-state index in [1.165, 1.54) is 0 Å². The van der Waals surface area contributed by atoms with Gasteiger partial charge in [0.2, 0.25) is 0 Å². The van der Waals surface area contributed by atoms with Gasteiger partial charge in [0.1, 0.15) is 5.75 Å². The fourth-order valence-corrected chi connectivity index (χ4v) is 2.05. The molecular weight excluding hydrogens is 248 g/mol. The van der Waals surface area contributed by atoms with Crippen LogP contribution in [0, 0.1) is 0 Å².